The van der Waals surface area contributed by atoms with Crippen molar-refractivity contribution in [1.82, 2.24) is 9.88 Å². The number of aromatic nitrogens is 1. The van der Waals surface area contributed by atoms with Crippen LogP contribution in [-0.2, 0) is 23.0 Å². The second-order valence-corrected chi connectivity index (χ2v) is 10.0. The molecule has 0 aliphatic carbocycles. The number of nitrogens with one attached hydrogen (secondary N) is 1. The molecule has 174 valence electrons. The van der Waals surface area contributed by atoms with Gasteiger partial charge in [-0.2, -0.15) is 0 Å². The van der Waals surface area contributed by atoms with E-state index in [-0.39, 0.29) is 4.90 Å². The maximum Gasteiger partial charge on any atom is 0.265 e. The molecule has 2 heterocycles. The predicted molar refractivity (Wildman–Crippen MR) is 131 cm³/mol. The summed E-state index contributed by atoms with van der Waals surface area (Å²) in [7, 11) is -3.71. The first-order valence-electron chi connectivity index (χ1n) is 11.2. The number of sulfonamides is 1. The van der Waals surface area contributed by atoms with E-state index in [1.807, 2.05) is 18.2 Å². The third-order valence-corrected chi connectivity index (χ3v) is 7.74. The van der Waals surface area contributed by atoms with Crippen molar-refractivity contribution in [2.75, 3.05) is 35.8 Å². The van der Waals surface area contributed by atoms with Gasteiger partial charge in [-0.05, 0) is 48.7 Å². The van der Waals surface area contributed by atoms with Gasteiger partial charge < -0.3 is 10.4 Å². The molecule has 2 N–H and O–H groups in total. The molecule has 0 amide bonds. The van der Waals surface area contributed by atoms with Gasteiger partial charge in [0.2, 0.25) is 0 Å². The van der Waals surface area contributed by atoms with Gasteiger partial charge in [0.25, 0.3) is 10.0 Å². The highest BCUT2D eigenvalue weighted by Gasteiger charge is 2.24. The van der Waals surface area contributed by atoms with E-state index in [1.165, 1.54) is 21.6 Å². The number of nitrogens with zero attached hydrogens (tertiary/aromatic N) is 3. The van der Waals surface area contributed by atoms with Crippen molar-refractivity contribution >= 4 is 21.5 Å². The fourth-order valence-corrected chi connectivity index (χ4v) is 5.56. The van der Waals surface area contributed by atoms with Crippen LogP contribution in [0.3, 0.4) is 0 Å². The van der Waals surface area contributed by atoms with Crippen LogP contribution < -0.4 is 9.62 Å². The molecular formula is C25H30N4O3S. The predicted octanol–water partition coefficient (Wildman–Crippen LogP) is 3.13. The van der Waals surface area contributed by atoms with E-state index in [0.717, 1.165) is 19.5 Å². The molecule has 0 fully saturated rings. The largest absolute Gasteiger partial charge is 0.390 e. The van der Waals surface area contributed by atoms with Gasteiger partial charge in [-0.3, -0.25) is 9.21 Å². The number of hydrogen-bond acceptors (Lipinski definition) is 6. The Kier molecular flexibility index (Phi) is 7.27. The molecule has 0 saturated heterocycles. The van der Waals surface area contributed by atoms with Gasteiger partial charge >= 0.3 is 0 Å². The van der Waals surface area contributed by atoms with Crippen LogP contribution in [0.2, 0.25) is 0 Å². The molecule has 2 aromatic carbocycles. The minimum Gasteiger partial charge on any atom is -0.390 e. The fourth-order valence-electron chi connectivity index (χ4n) is 4.15. The zero-order valence-corrected chi connectivity index (χ0v) is 19.6. The van der Waals surface area contributed by atoms with E-state index < -0.39 is 16.1 Å². The minimum absolute atomic E-state index is 0.131. The molecule has 0 radical (unpaired) electrons. The normalized spacial score (nSPS) is 15.0. The van der Waals surface area contributed by atoms with Gasteiger partial charge in [-0.1, -0.05) is 42.5 Å². The van der Waals surface area contributed by atoms with Crippen molar-refractivity contribution in [3.63, 3.8) is 0 Å². The van der Waals surface area contributed by atoms with Crippen LogP contribution >= 0.6 is 0 Å². The lowest BCUT2D eigenvalue weighted by Gasteiger charge is -2.30. The van der Waals surface area contributed by atoms with Crippen LogP contribution in [0.15, 0.2) is 77.8 Å². The van der Waals surface area contributed by atoms with Crippen LogP contribution in [0.25, 0.3) is 0 Å². The third-order valence-electron chi connectivity index (χ3n) is 5.85. The van der Waals surface area contributed by atoms with E-state index >= 15 is 0 Å². The average Bonchev–Trinajstić information content (AvgIpc) is 2.84. The Hall–Kier alpha value is -2.94. The lowest BCUT2D eigenvalue weighted by molar-refractivity contribution is 0.114. The standard InChI is InChI=1S/C25H30N4O3S/c1-2-29(22-10-4-3-5-11-22)33(31,32)24-12-13-25(27-17-24)26-16-23(30)19-28-15-14-20-8-6-7-9-21(20)18-28/h3-13,17,23,30H,2,14-16,18-19H2,1H3,(H,26,27). The number of aliphatic hydroxyl groups is 1. The molecule has 0 bridgehead atoms. The zero-order valence-electron chi connectivity index (χ0n) is 18.8. The number of pyridine rings is 1. The Morgan fingerprint density at radius 2 is 1.79 bits per heavy atom. The summed E-state index contributed by atoms with van der Waals surface area (Å²) in [6, 6.07) is 20.6. The molecular weight excluding hydrogens is 436 g/mol. The fraction of sp³-hybridized carbons (Fsp3) is 0.320. The molecule has 1 aliphatic rings. The van der Waals surface area contributed by atoms with Gasteiger partial charge in [0.1, 0.15) is 10.7 Å². The third kappa shape index (κ3) is 5.52. The summed E-state index contributed by atoms with van der Waals surface area (Å²) in [5.41, 5.74) is 3.32. The summed E-state index contributed by atoms with van der Waals surface area (Å²) in [6.45, 7) is 4.79. The van der Waals surface area contributed by atoms with E-state index in [1.54, 1.807) is 31.2 Å². The first kappa shape index (κ1) is 23.2. The number of para-hydroxylation sites is 1. The Morgan fingerprint density at radius 1 is 1.06 bits per heavy atom. The smallest absolute Gasteiger partial charge is 0.265 e. The molecule has 7 nitrogen and oxygen atoms in total. The summed E-state index contributed by atoms with van der Waals surface area (Å²) >= 11 is 0. The van der Waals surface area contributed by atoms with Crippen LogP contribution in [0.1, 0.15) is 18.1 Å². The van der Waals surface area contributed by atoms with Crippen molar-refractivity contribution in [1.29, 1.82) is 0 Å². The Bertz CT molecular complexity index is 1150. The van der Waals surface area contributed by atoms with E-state index in [0.29, 0.717) is 31.1 Å². The van der Waals surface area contributed by atoms with Crippen molar-refractivity contribution in [3.8, 4) is 0 Å². The lowest BCUT2D eigenvalue weighted by Crippen LogP contribution is -2.39. The number of anilines is 2. The topological polar surface area (TPSA) is 85.8 Å². The van der Waals surface area contributed by atoms with Crippen LogP contribution in [0, 0.1) is 0 Å². The quantitative estimate of drug-likeness (QED) is 0.504. The minimum atomic E-state index is -3.71. The molecule has 8 heteroatoms. The second kappa shape index (κ2) is 10.3. The summed E-state index contributed by atoms with van der Waals surface area (Å²) in [6.07, 6.45) is 1.79. The van der Waals surface area contributed by atoms with Crippen molar-refractivity contribution < 1.29 is 13.5 Å². The maximum atomic E-state index is 13.1. The Labute approximate surface area is 195 Å². The molecule has 33 heavy (non-hydrogen) atoms. The molecule has 0 spiro atoms. The summed E-state index contributed by atoms with van der Waals surface area (Å²) in [4.78, 5) is 6.64. The maximum absolute atomic E-state index is 13.1. The first-order chi connectivity index (χ1) is 16.0. The highest BCUT2D eigenvalue weighted by Crippen LogP contribution is 2.23. The van der Waals surface area contributed by atoms with Crippen LogP contribution in [0.4, 0.5) is 11.5 Å². The summed E-state index contributed by atoms with van der Waals surface area (Å²) < 4.78 is 27.5. The van der Waals surface area contributed by atoms with Crippen molar-refractivity contribution in [2.45, 2.75) is 30.9 Å². The molecule has 4 rings (SSSR count). The summed E-state index contributed by atoms with van der Waals surface area (Å²) in [5, 5.41) is 13.6. The van der Waals surface area contributed by atoms with Crippen molar-refractivity contribution in [3.05, 3.63) is 84.1 Å². The first-order valence-corrected chi connectivity index (χ1v) is 12.7. The number of fused-ring (bicyclic) bond motifs is 1. The molecule has 1 atom stereocenters. The Balaban J connectivity index is 1.33. The van der Waals surface area contributed by atoms with E-state index in [4.69, 9.17) is 0 Å². The van der Waals surface area contributed by atoms with Gasteiger partial charge in [-0.15, -0.1) is 0 Å². The zero-order chi connectivity index (χ0) is 23.3. The summed E-state index contributed by atoms with van der Waals surface area (Å²) in [5.74, 6) is 0.528. The monoisotopic (exact) mass is 466 g/mol. The second-order valence-electron chi connectivity index (χ2n) is 8.17. The van der Waals surface area contributed by atoms with Crippen LogP contribution in [-0.4, -0.2) is 55.7 Å². The number of rotatable bonds is 9. The molecule has 1 aromatic heterocycles. The molecule has 1 unspecified atom stereocenters. The van der Waals surface area contributed by atoms with Crippen LogP contribution in [0.5, 0.6) is 0 Å². The molecule has 1 aliphatic heterocycles. The van der Waals surface area contributed by atoms with Gasteiger partial charge in [0, 0.05) is 38.9 Å². The number of β-amino-alcohol motifs (C(OH)–C–C–N with tert-alkyl or cyclic N) is 1. The highest BCUT2D eigenvalue weighted by atomic mass is 32.2. The number of hydrogen-bond donors (Lipinski definition) is 2. The lowest BCUT2D eigenvalue weighted by atomic mass is 10.00. The average molecular weight is 467 g/mol. The van der Waals surface area contributed by atoms with Crippen molar-refractivity contribution in [2.24, 2.45) is 0 Å². The number of benzene rings is 2. The number of aliphatic hydroxyl groups excluding tert-OH is 1. The van der Waals surface area contributed by atoms with E-state index in [9.17, 15) is 13.5 Å². The van der Waals surface area contributed by atoms with Gasteiger partial charge in [0.05, 0.1) is 11.8 Å². The van der Waals surface area contributed by atoms with Gasteiger partial charge in [0.15, 0.2) is 0 Å². The highest BCUT2D eigenvalue weighted by molar-refractivity contribution is 7.92. The Morgan fingerprint density at radius 3 is 2.48 bits per heavy atom. The molecule has 3 aromatic rings. The van der Waals surface area contributed by atoms with E-state index in [2.05, 4.69) is 39.5 Å². The molecule has 0 saturated carbocycles. The SMILES string of the molecule is CCN(c1ccccc1)S(=O)(=O)c1ccc(NCC(O)CN2CCc3ccccc3C2)nc1. The van der Waals surface area contributed by atoms with Gasteiger partial charge in [-0.25, -0.2) is 13.4 Å².